The summed E-state index contributed by atoms with van der Waals surface area (Å²) < 4.78 is 59.7. The van der Waals surface area contributed by atoms with Gasteiger partial charge in [-0.1, -0.05) is 0 Å². The van der Waals surface area contributed by atoms with Gasteiger partial charge in [-0.05, 0) is 6.92 Å². The highest BCUT2D eigenvalue weighted by atomic mass is 31.1. The standard InChI is InChI=1S/C4H5F5O.HN2P/c1-2-10-4(8,9)3(5,6)7;1-2-3-1/h2H2,1H3;(H,1,2). The molecule has 0 aliphatic carbocycles. The average molecular weight is 224 g/mol. The van der Waals surface area contributed by atoms with Crippen LogP contribution in [0.2, 0.25) is 0 Å². The summed E-state index contributed by atoms with van der Waals surface area (Å²) in [5.74, 6) is 0. The third kappa shape index (κ3) is 5.84. The number of hydrogen-bond acceptors (Lipinski definition) is 3. The molecule has 9 heteroatoms. The zero-order chi connectivity index (χ0) is 10.5. The summed E-state index contributed by atoms with van der Waals surface area (Å²) in [7, 11) is 1.04. The van der Waals surface area contributed by atoms with Crippen LogP contribution in [0.15, 0.2) is 4.85 Å². The van der Waals surface area contributed by atoms with Crippen molar-refractivity contribution >= 4 is 8.52 Å². The first-order valence-corrected chi connectivity index (χ1v) is 3.89. The van der Waals surface area contributed by atoms with E-state index in [0.717, 1.165) is 15.4 Å². The molecule has 0 bridgehead atoms. The van der Waals surface area contributed by atoms with Crippen LogP contribution in [0.25, 0.3) is 0 Å². The molecule has 1 rings (SSSR count). The number of hydrogen-bond donors (Lipinski definition) is 1. The molecule has 1 heterocycles. The number of rotatable bonds is 2. The first-order valence-electron chi connectivity index (χ1n) is 3.04. The topological polar surface area (TPSA) is 43.5 Å². The number of alkyl halides is 5. The molecule has 0 radical (unpaired) electrons. The fourth-order valence-electron chi connectivity index (χ4n) is 0.263. The molecule has 0 fully saturated rings. The van der Waals surface area contributed by atoms with Gasteiger partial charge in [0.15, 0.2) is 0 Å². The SMILES string of the molecule is CCOC(F)(F)C(F)(F)F.N1=PN1. The zero-order valence-electron chi connectivity index (χ0n) is 6.40. The van der Waals surface area contributed by atoms with Gasteiger partial charge in [0, 0.05) is 0 Å². The van der Waals surface area contributed by atoms with Gasteiger partial charge < -0.3 is 4.74 Å². The van der Waals surface area contributed by atoms with Gasteiger partial charge in [-0.25, -0.2) is 0 Å². The average Bonchev–Trinajstić information content (AvgIpc) is 2.67. The molecule has 13 heavy (non-hydrogen) atoms. The number of halogens is 5. The number of nitrogens with one attached hydrogen (secondary N) is 1. The maximum Gasteiger partial charge on any atom is 0.482 e. The van der Waals surface area contributed by atoms with Crippen molar-refractivity contribution in [3.05, 3.63) is 0 Å². The highest BCUT2D eigenvalue weighted by Gasteiger charge is 2.59. The maximum absolute atomic E-state index is 11.6. The van der Waals surface area contributed by atoms with Crippen LogP contribution in [0.3, 0.4) is 0 Å². The highest BCUT2D eigenvalue weighted by Crippen LogP contribution is 2.35. The van der Waals surface area contributed by atoms with Gasteiger partial charge in [-0.15, -0.1) is 5.20 Å². The monoisotopic (exact) mass is 224 g/mol. The predicted molar refractivity (Wildman–Crippen MR) is 35.1 cm³/mol. The second-order valence-electron chi connectivity index (χ2n) is 1.75. The van der Waals surface area contributed by atoms with Gasteiger partial charge in [0.05, 0.1) is 6.61 Å². The maximum atomic E-state index is 11.6. The Kier molecular flexibility index (Phi) is 4.66. The van der Waals surface area contributed by atoms with E-state index in [9.17, 15) is 22.0 Å². The van der Waals surface area contributed by atoms with E-state index in [4.69, 9.17) is 0 Å². The molecule has 78 valence electrons. The smallest absolute Gasteiger partial charge is 0.314 e. The van der Waals surface area contributed by atoms with Gasteiger partial charge >= 0.3 is 12.3 Å². The molecule has 0 aromatic rings. The molecule has 1 N–H and O–H groups in total. The van der Waals surface area contributed by atoms with Crippen LogP contribution in [0, 0.1) is 0 Å². The van der Waals surface area contributed by atoms with E-state index < -0.39 is 18.9 Å². The Morgan fingerprint density at radius 1 is 1.31 bits per heavy atom. The lowest BCUT2D eigenvalue weighted by atomic mass is 10.6. The van der Waals surface area contributed by atoms with Crippen LogP contribution in [0.1, 0.15) is 6.92 Å². The van der Waals surface area contributed by atoms with Gasteiger partial charge in [0.2, 0.25) is 0 Å². The first kappa shape index (κ1) is 12.7. The predicted octanol–water partition coefficient (Wildman–Crippen LogP) is 2.73. The Morgan fingerprint density at radius 3 is 1.77 bits per heavy atom. The third-order valence-corrected chi connectivity index (χ3v) is 0.956. The highest BCUT2D eigenvalue weighted by molar-refractivity contribution is 7.29. The van der Waals surface area contributed by atoms with Crippen molar-refractivity contribution in [1.82, 2.24) is 5.20 Å². The molecule has 0 spiro atoms. The minimum Gasteiger partial charge on any atom is -0.314 e. The Balaban J connectivity index is 0.000000396. The molecule has 0 unspecified atom stereocenters. The lowest BCUT2D eigenvalue weighted by Crippen LogP contribution is -2.38. The lowest BCUT2D eigenvalue weighted by molar-refractivity contribution is -0.390. The summed E-state index contributed by atoms with van der Waals surface area (Å²) in [4.78, 5) is 3.47. The van der Waals surface area contributed by atoms with E-state index in [2.05, 4.69) is 14.8 Å². The largest absolute Gasteiger partial charge is 0.482 e. The van der Waals surface area contributed by atoms with E-state index in [1.165, 1.54) is 0 Å². The molecule has 0 aromatic heterocycles. The van der Waals surface area contributed by atoms with Gasteiger partial charge in [-0.2, -0.15) is 26.8 Å². The van der Waals surface area contributed by atoms with E-state index >= 15 is 0 Å². The van der Waals surface area contributed by atoms with E-state index in [1.54, 1.807) is 0 Å². The fraction of sp³-hybridized carbons (Fsp3) is 1.00. The normalized spacial score (nSPS) is 16.2. The molecule has 1 aliphatic rings. The van der Waals surface area contributed by atoms with Crippen LogP contribution >= 0.6 is 8.52 Å². The number of nitrogens with zero attached hydrogens (tertiary/aromatic N) is 1. The summed E-state index contributed by atoms with van der Waals surface area (Å²) in [6.07, 6.45) is -10.6. The molecule has 3 nitrogen and oxygen atoms in total. The second kappa shape index (κ2) is 4.78. The molecular formula is C4H6F5N2OP. The Hall–Kier alpha value is -0.330. The summed E-state index contributed by atoms with van der Waals surface area (Å²) >= 11 is 0. The van der Waals surface area contributed by atoms with Crippen molar-refractivity contribution in [1.29, 1.82) is 0 Å². The lowest BCUT2D eigenvalue weighted by Gasteiger charge is -2.17. The van der Waals surface area contributed by atoms with Crippen LogP contribution in [0.4, 0.5) is 22.0 Å². The first-order chi connectivity index (χ1) is 5.81. The quantitative estimate of drug-likeness (QED) is 0.578. The van der Waals surface area contributed by atoms with Crippen LogP contribution < -0.4 is 5.20 Å². The van der Waals surface area contributed by atoms with Crippen molar-refractivity contribution in [2.75, 3.05) is 6.61 Å². The van der Waals surface area contributed by atoms with Gasteiger partial charge in [0.25, 0.3) is 0 Å². The molecule has 0 aromatic carbocycles. The number of ether oxygens (including phenoxy) is 1. The van der Waals surface area contributed by atoms with E-state index in [1.807, 2.05) is 0 Å². The molecule has 0 saturated carbocycles. The van der Waals surface area contributed by atoms with Crippen molar-refractivity contribution in [3.63, 3.8) is 0 Å². The Labute approximate surface area is 72.2 Å². The molecular weight excluding hydrogens is 218 g/mol. The zero-order valence-corrected chi connectivity index (χ0v) is 7.29. The summed E-state index contributed by atoms with van der Waals surface area (Å²) in [5.41, 5.74) is 0. The molecule has 0 saturated heterocycles. The summed E-state index contributed by atoms with van der Waals surface area (Å²) in [6.45, 7) is 0.381. The van der Waals surface area contributed by atoms with E-state index in [-0.39, 0.29) is 0 Å². The van der Waals surface area contributed by atoms with Crippen molar-refractivity contribution in [2.24, 2.45) is 4.85 Å². The van der Waals surface area contributed by atoms with Crippen molar-refractivity contribution < 1.29 is 26.7 Å². The molecule has 0 amide bonds. The van der Waals surface area contributed by atoms with Crippen molar-refractivity contribution in [3.8, 4) is 0 Å². The van der Waals surface area contributed by atoms with Crippen LogP contribution in [-0.4, -0.2) is 18.9 Å². The van der Waals surface area contributed by atoms with E-state index in [0.29, 0.717) is 0 Å². The van der Waals surface area contributed by atoms with Gasteiger partial charge in [-0.3, -0.25) is 0 Å². The minimum absolute atomic E-state index is 0.674. The summed E-state index contributed by atoms with van der Waals surface area (Å²) in [5, 5.41) is 2.60. The second-order valence-corrected chi connectivity index (χ2v) is 2.35. The van der Waals surface area contributed by atoms with Crippen molar-refractivity contribution in [2.45, 2.75) is 19.2 Å². The molecule has 1 aliphatic heterocycles. The molecule has 0 atom stereocenters. The van der Waals surface area contributed by atoms with Crippen LogP contribution in [0.5, 0.6) is 0 Å². The Morgan fingerprint density at radius 2 is 1.69 bits per heavy atom. The third-order valence-electron chi connectivity index (χ3n) is 0.756. The minimum atomic E-state index is -5.61. The summed E-state index contributed by atoms with van der Waals surface area (Å²) in [6, 6.07) is 0. The van der Waals surface area contributed by atoms with Gasteiger partial charge in [0.1, 0.15) is 8.52 Å². The van der Waals surface area contributed by atoms with Crippen LogP contribution in [-0.2, 0) is 4.74 Å². The Bertz CT molecular complexity index is 178. The fourth-order valence-corrected chi connectivity index (χ4v) is 0.263.